The van der Waals surface area contributed by atoms with Crippen molar-refractivity contribution in [3.05, 3.63) is 23.3 Å². The van der Waals surface area contributed by atoms with Gasteiger partial charge in [-0.05, 0) is 77.7 Å². The zero-order valence-electron chi connectivity index (χ0n) is 21.1. The fourth-order valence-electron chi connectivity index (χ4n) is 3.95. The molecule has 0 N–H and O–H groups in total. The molecule has 0 spiro atoms. The van der Waals surface area contributed by atoms with Crippen molar-refractivity contribution in [1.82, 2.24) is 9.80 Å². The lowest BCUT2D eigenvalue weighted by molar-refractivity contribution is 0.304. The third-order valence-corrected chi connectivity index (χ3v) is 5.51. The monoisotopic (exact) mass is 407 g/mol. The van der Waals surface area contributed by atoms with Crippen molar-refractivity contribution in [2.45, 2.75) is 120 Å². The van der Waals surface area contributed by atoms with Gasteiger partial charge in [-0.25, -0.2) is 0 Å². The second-order valence-electron chi connectivity index (χ2n) is 6.92. The quantitative estimate of drug-likeness (QED) is 0.445. The van der Waals surface area contributed by atoms with Crippen LogP contribution in [0.25, 0.3) is 0 Å². The van der Waals surface area contributed by atoms with Crippen LogP contribution in [0.2, 0.25) is 0 Å². The summed E-state index contributed by atoms with van der Waals surface area (Å²) in [5.41, 5.74) is 3.26. The Hall–Kier alpha value is -0.535. The lowest BCUT2D eigenvalue weighted by atomic mass is 10.0. The molecule has 2 aliphatic heterocycles. The summed E-state index contributed by atoms with van der Waals surface area (Å²) in [7, 11) is 4.48. The van der Waals surface area contributed by atoms with Gasteiger partial charge in [-0.1, -0.05) is 80.5 Å². The fraction of sp³-hybridized carbons (Fsp3) is 0.846. The number of likely N-dealkylation sites (tertiary alicyclic amines) is 2. The molecule has 2 heterocycles. The van der Waals surface area contributed by atoms with Crippen molar-refractivity contribution < 1.29 is 0 Å². The predicted molar refractivity (Wildman–Crippen MR) is 139 cm³/mol. The zero-order chi connectivity index (χ0) is 21.2. The molecule has 3 aliphatic rings. The van der Waals surface area contributed by atoms with Crippen molar-refractivity contribution in [2.75, 3.05) is 27.2 Å². The van der Waals surface area contributed by atoms with Gasteiger partial charge in [-0.15, -0.1) is 0 Å². The summed E-state index contributed by atoms with van der Waals surface area (Å²) in [5.74, 6) is 0. The van der Waals surface area contributed by atoms with Crippen molar-refractivity contribution in [2.24, 2.45) is 0 Å². The largest absolute Gasteiger partial charge is 0.303 e. The third-order valence-electron chi connectivity index (χ3n) is 5.51. The normalized spacial score (nSPS) is 22.4. The first-order chi connectivity index (χ1) is 13.2. The maximum atomic E-state index is 2.50. The molecule has 2 unspecified atom stereocenters. The first-order valence-electron chi connectivity index (χ1n) is 11.9. The van der Waals surface area contributed by atoms with E-state index in [-0.39, 0.29) is 15.8 Å². The second-order valence-corrected chi connectivity index (χ2v) is 6.92. The molecule has 0 amide bonds. The van der Waals surface area contributed by atoms with Crippen LogP contribution in [0.5, 0.6) is 0 Å². The Balaban J connectivity index is -0.000000171. The van der Waals surface area contributed by atoms with E-state index in [4.69, 9.17) is 0 Å². The van der Waals surface area contributed by atoms with Gasteiger partial charge in [0.05, 0.1) is 0 Å². The number of likely N-dealkylation sites (N-methyl/N-ethyl adjacent to an activating group) is 1. The van der Waals surface area contributed by atoms with E-state index in [1.807, 2.05) is 41.5 Å². The molecule has 2 nitrogen and oxygen atoms in total. The van der Waals surface area contributed by atoms with Gasteiger partial charge in [0.15, 0.2) is 0 Å². The molecule has 0 aromatic rings. The highest BCUT2D eigenvalue weighted by Gasteiger charge is 2.25. The molecule has 29 heavy (non-hydrogen) atoms. The number of rotatable bonds is 3. The minimum absolute atomic E-state index is 0. The Morgan fingerprint density at radius 3 is 1.66 bits per heavy atom. The van der Waals surface area contributed by atoms with Gasteiger partial charge in [-0.3, -0.25) is 4.90 Å². The molecule has 0 saturated carbocycles. The number of hydrogen-bond acceptors (Lipinski definition) is 2. The van der Waals surface area contributed by atoms with E-state index in [9.17, 15) is 0 Å². The lowest BCUT2D eigenvalue weighted by Gasteiger charge is -2.21. The highest BCUT2D eigenvalue weighted by molar-refractivity contribution is 5.75. The van der Waals surface area contributed by atoms with Crippen LogP contribution in [0.3, 0.4) is 0 Å². The van der Waals surface area contributed by atoms with Gasteiger partial charge in [0, 0.05) is 20.5 Å². The van der Waals surface area contributed by atoms with Crippen molar-refractivity contribution in [3.8, 4) is 0 Å². The van der Waals surface area contributed by atoms with Crippen molar-refractivity contribution >= 4 is 8.41 Å². The summed E-state index contributed by atoms with van der Waals surface area (Å²) >= 11 is 0. The van der Waals surface area contributed by atoms with Gasteiger partial charge < -0.3 is 4.90 Å². The molecule has 3 radical (unpaired) electrons. The highest BCUT2D eigenvalue weighted by atomic mass is 15.1. The first-order valence-corrected chi connectivity index (χ1v) is 11.9. The molecule has 0 bridgehead atoms. The number of nitrogens with zero attached hydrogens (tertiary/aromatic N) is 2. The van der Waals surface area contributed by atoms with E-state index in [1.54, 1.807) is 11.1 Å². The van der Waals surface area contributed by atoms with Crippen LogP contribution >= 0.6 is 0 Å². The maximum absolute atomic E-state index is 2.50. The summed E-state index contributed by atoms with van der Waals surface area (Å²) in [5, 5.41) is 0. The van der Waals surface area contributed by atoms with Crippen LogP contribution in [-0.4, -0.2) is 57.5 Å². The molecule has 173 valence electrons. The molecule has 3 heteroatoms. The average Bonchev–Trinajstić information content (AvgIpc) is 3.47. The minimum atomic E-state index is 0. The van der Waals surface area contributed by atoms with E-state index in [0.717, 1.165) is 12.1 Å². The van der Waals surface area contributed by atoms with E-state index < -0.39 is 0 Å². The molecule has 3 rings (SSSR count). The fourth-order valence-corrected chi connectivity index (χ4v) is 3.95. The van der Waals surface area contributed by atoms with Gasteiger partial charge in [0.25, 0.3) is 0 Å². The predicted octanol–water partition coefficient (Wildman–Crippen LogP) is 7.57. The van der Waals surface area contributed by atoms with Crippen LogP contribution in [0.1, 0.15) is 108 Å². The summed E-state index contributed by atoms with van der Waals surface area (Å²) < 4.78 is 0. The number of allylic oxidation sites excluding steroid dienone is 3. The maximum Gasteiger partial charge on any atom is 0.0311 e. The summed E-state index contributed by atoms with van der Waals surface area (Å²) in [6.45, 7) is 19.1. The van der Waals surface area contributed by atoms with Crippen molar-refractivity contribution in [3.63, 3.8) is 0 Å². The smallest absolute Gasteiger partial charge is 0.0311 e. The molecule has 2 fully saturated rings. The Morgan fingerprint density at radius 2 is 1.34 bits per heavy atom. The lowest BCUT2D eigenvalue weighted by Crippen LogP contribution is -2.26. The molecular formula is C26H56BN2. The van der Waals surface area contributed by atoms with Crippen LogP contribution in [-0.2, 0) is 0 Å². The third kappa shape index (κ3) is 13.4. The van der Waals surface area contributed by atoms with E-state index in [2.05, 4.69) is 49.9 Å². The van der Waals surface area contributed by atoms with Gasteiger partial charge >= 0.3 is 0 Å². The van der Waals surface area contributed by atoms with E-state index >= 15 is 0 Å². The average molecular weight is 408 g/mol. The van der Waals surface area contributed by atoms with Crippen LogP contribution < -0.4 is 0 Å². The Morgan fingerprint density at radius 1 is 0.828 bits per heavy atom. The first kappa shape index (κ1) is 35.9. The van der Waals surface area contributed by atoms with E-state index in [0.29, 0.717) is 0 Å². The number of hydrogen-bond donors (Lipinski definition) is 0. The minimum Gasteiger partial charge on any atom is -0.303 e. The Kier molecular flexibility index (Phi) is 29.4. The topological polar surface area (TPSA) is 6.48 Å². The summed E-state index contributed by atoms with van der Waals surface area (Å²) in [6, 6.07) is 1.65. The molecule has 2 atom stereocenters. The standard InChI is InChI=1S/C12H19N.C7H15N.3C2H6.CH4.B/c1-3-10-6-7-11(9-10)12-5-4-8-13(12)2;1-3-7-5-4-6-8(7)2;3*1-2;;/h6-7,12H,3-5,8-9H2,1-2H3;7H,3-6H2,1-2H3;3*1-2H3;1H4;. The Labute approximate surface area is 188 Å². The summed E-state index contributed by atoms with van der Waals surface area (Å²) in [6.07, 6.45) is 14.0. The highest BCUT2D eigenvalue weighted by Crippen LogP contribution is 2.31. The van der Waals surface area contributed by atoms with Gasteiger partial charge in [0.1, 0.15) is 0 Å². The molecule has 2 saturated heterocycles. The summed E-state index contributed by atoms with van der Waals surface area (Å²) in [4.78, 5) is 4.96. The van der Waals surface area contributed by atoms with Crippen LogP contribution in [0.4, 0.5) is 0 Å². The molecule has 0 aromatic carbocycles. The van der Waals surface area contributed by atoms with Gasteiger partial charge in [0.2, 0.25) is 0 Å². The van der Waals surface area contributed by atoms with Crippen LogP contribution in [0, 0.1) is 0 Å². The molecule has 1 aliphatic carbocycles. The second kappa shape index (κ2) is 23.7. The molecule has 0 aromatic heterocycles. The van der Waals surface area contributed by atoms with Crippen LogP contribution in [0.15, 0.2) is 23.3 Å². The van der Waals surface area contributed by atoms with E-state index in [1.165, 1.54) is 58.0 Å². The van der Waals surface area contributed by atoms with Crippen molar-refractivity contribution in [1.29, 1.82) is 0 Å². The zero-order valence-corrected chi connectivity index (χ0v) is 21.1. The Bertz CT molecular complexity index is 390. The molecular weight excluding hydrogens is 351 g/mol. The van der Waals surface area contributed by atoms with Gasteiger partial charge in [-0.2, -0.15) is 0 Å². The SMILES string of the molecule is C.CC.CC.CC.CCC1=CC=C(C2CCCN2C)C1.CCC1CCCN1C.[B].